The van der Waals surface area contributed by atoms with Crippen molar-refractivity contribution in [3.8, 4) is 29.5 Å². The number of rotatable bonds is 5. The monoisotopic (exact) mass is 402 g/mol. The molecule has 1 aromatic heterocycles. The Morgan fingerprint density at radius 2 is 1.96 bits per heavy atom. The fraction of sp³-hybridized carbons (Fsp3) is 0.0556. The lowest BCUT2D eigenvalue weighted by Crippen LogP contribution is -1.97. The van der Waals surface area contributed by atoms with Gasteiger partial charge in [0.1, 0.15) is 6.61 Å². The first-order valence-electron chi connectivity index (χ1n) is 7.42. The van der Waals surface area contributed by atoms with E-state index in [-0.39, 0.29) is 6.61 Å². The number of H-pyrrole nitrogens is 1. The molecule has 0 radical (unpaired) electrons. The third-order valence-corrected chi connectivity index (χ3v) is 4.15. The normalized spacial score (nSPS) is 10.8. The van der Waals surface area contributed by atoms with E-state index in [2.05, 4.69) is 21.2 Å². The third-order valence-electron chi connectivity index (χ3n) is 3.33. The molecule has 130 valence electrons. The van der Waals surface area contributed by atoms with E-state index in [1.807, 2.05) is 30.3 Å². The summed E-state index contributed by atoms with van der Waals surface area (Å²) in [5, 5.41) is 12.0. The van der Waals surface area contributed by atoms with E-state index in [0.29, 0.717) is 32.0 Å². The largest absolute Gasteiger partial charge is 0.478 e. The van der Waals surface area contributed by atoms with Crippen LogP contribution in [0.2, 0.25) is 10.0 Å². The summed E-state index contributed by atoms with van der Waals surface area (Å²) < 4.78 is 7.23. The summed E-state index contributed by atoms with van der Waals surface area (Å²) in [5.41, 5.74) is 1.56. The Kier molecular flexibility index (Phi) is 5.74. The van der Waals surface area contributed by atoms with Crippen LogP contribution in [0, 0.1) is 17.1 Å². The molecule has 0 atom stereocenters. The minimum absolute atomic E-state index is 0.0808. The SMILES string of the molecule is C#CCOc1c(Cl)cc(/C=N\n2c(-c3ccccc3)n[nH]c2=S)cc1Cl. The van der Waals surface area contributed by atoms with Crippen molar-refractivity contribution in [2.45, 2.75) is 0 Å². The van der Waals surface area contributed by atoms with Crippen molar-refractivity contribution in [2.24, 2.45) is 5.10 Å². The van der Waals surface area contributed by atoms with Crippen molar-refractivity contribution in [3.05, 3.63) is 62.8 Å². The van der Waals surface area contributed by atoms with Gasteiger partial charge in [0.25, 0.3) is 0 Å². The molecule has 2 aromatic carbocycles. The molecule has 8 heteroatoms. The number of aromatic nitrogens is 3. The van der Waals surface area contributed by atoms with Crippen molar-refractivity contribution in [1.29, 1.82) is 0 Å². The fourth-order valence-corrected chi connectivity index (χ4v) is 3.00. The van der Waals surface area contributed by atoms with E-state index >= 15 is 0 Å². The second kappa shape index (κ2) is 8.19. The van der Waals surface area contributed by atoms with Crippen LogP contribution in [0.5, 0.6) is 5.75 Å². The Hall–Kier alpha value is -2.59. The van der Waals surface area contributed by atoms with Crippen LogP contribution in [-0.2, 0) is 0 Å². The molecule has 3 rings (SSSR count). The van der Waals surface area contributed by atoms with Gasteiger partial charge in [0.15, 0.2) is 11.6 Å². The van der Waals surface area contributed by atoms with E-state index in [9.17, 15) is 0 Å². The van der Waals surface area contributed by atoms with Gasteiger partial charge in [-0.1, -0.05) is 59.5 Å². The smallest absolute Gasteiger partial charge is 0.216 e. The molecule has 0 aliphatic heterocycles. The molecule has 26 heavy (non-hydrogen) atoms. The minimum Gasteiger partial charge on any atom is -0.478 e. The van der Waals surface area contributed by atoms with Gasteiger partial charge >= 0.3 is 0 Å². The number of nitrogens with zero attached hydrogens (tertiary/aromatic N) is 3. The topological polar surface area (TPSA) is 55.2 Å². The molecule has 0 spiro atoms. The van der Waals surface area contributed by atoms with Crippen molar-refractivity contribution >= 4 is 41.6 Å². The van der Waals surface area contributed by atoms with Crippen molar-refractivity contribution in [3.63, 3.8) is 0 Å². The maximum Gasteiger partial charge on any atom is 0.216 e. The van der Waals surface area contributed by atoms with Crippen LogP contribution >= 0.6 is 35.4 Å². The Balaban J connectivity index is 1.93. The van der Waals surface area contributed by atoms with Gasteiger partial charge in [-0.3, -0.25) is 0 Å². The summed E-state index contributed by atoms with van der Waals surface area (Å²) in [5.74, 6) is 3.30. The predicted molar refractivity (Wildman–Crippen MR) is 107 cm³/mol. The summed E-state index contributed by atoms with van der Waals surface area (Å²) in [6.07, 6.45) is 6.76. The molecule has 3 aromatic rings. The molecule has 0 bridgehead atoms. The molecular weight excluding hydrogens is 391 g/mol. The highest BCUT2D eigenvalue weighted by molar-refractivity contribution is 7.71. The molecular formula is C18H12Cl2N4OS. The molecule has 0 saturated carbocycles. The van der Waals surface area contributed by atoms with Gasteiger partial charge in [0.2, 0.25) is 4.77 Å². The predicted octanol–water partition coefficient (Wildman–Crippen LogP) is 4.81. The van der Waals surface area contributed by atoms with E-state index in [1.165, 1.54) is 4.68 Å². The summed E-state index contributed by atoms with van der Waals surface area (Å²) in [4.78, 5) is 0. The average Bonchev–Trinajstić information content (AvgIpc) is 3.01. The third kappa shape index (κ3) is 3.97. The molecule has 0 aliphatic rings. The second-order valence-corrected chi connectivity index (χ2v) is 6.28. The Morgan fingerprint density at radius 1 is 1.27 bits per heavy atom. The number of ether oxygens (including phenoxy) is 1. The Morgan fingerprint density at radius 3 is 2.62 bits per heavy atom. The van der Waals surface area contributed by atoms with Gasteiger partial charge in [-0.15, -0.1) is 6.42 Å². The molecule has 0 saturated heterocycles. The number of hydrogen-bond donors (Lipinski definition) is 1. The highest BCUT2D eigenvalue weighted by Crippen LogP contribution is 2.33. The number of aromatic amines is 1. The van der Waals surface area contributed by atoms with Gasteiger partial charge in [-0.25, -0.2) is 5.10 Å². The average molecular weight is 403 g/mol. The maximum absolute atomic E-state index is 6.20. The van der Waals surface area contributed by atoms with Gasteiger partial charge in [-0.2, -0.15) is 14.9 Å². The summed E-state index contributed by atoms with van der Waals surface area (Å²) in [7, 11) is 0. The fourth-order valence-electron chi connectivity index (χ4n) is 2.20. The molecule has 0 amide bonds. The van der Waals surface area contributed by atoms with Crippen LogP contribution in [-0.4, -0.2) is 27.7 Å². The summed E-state index contributed by atoms with van der Waals surface area (Å²) >= 11 is 17.7. The highest BCUT2D eigenvalue weighted by atomic mass is 35.5. The second-order valence-electron chi connectivity index (χ2n) is 5.08. The summed E-state index contributed by atoms with van der Waals surface area (Å²) in [6, 6.07) is 12.9. The van der Waals surface area contributed by atoms with Gasteiger partial charge < -0.3 is 4.74 Å². The van der Waals surface area contributed by atoms with Gasteiger partial charge in [0.05, 0.1) is 16.3 Å². The first-order valence-corrected chi connectivity index (χ1v) is 8.59. The molecule has 5 nitrogen and oxygen atoms in total. The van der Waals surface area contributed by atoms with Gasteiger partial charge in [-0.05, 0) is 29.9 Å². The maximum atomic E-state index is 6.20. The summed E-state index contributed by atoms with van der Waals surface area (Å²) in [6.45, 7) is 0.0808. The van der Waals surface area contributed by atoms with Crippen molar-refractivity contribution in [2.75, 3.05) is 6.61 Å². The number of nitrogens with one attached hydrogen (secondary N) is 1. The van der Waals surface area contributed by atoms with Crippen LogP contribution in [0.15, 0.2) is 47.6 Å². The molecule has 0 fully saturated rings. The van der Waals surface area contributed by atoms with Crippen LogP contribution in [0.4, 0.5) is 0 Å². The quantitative estimate of drug-likeness (QED) is 0.378. The van der Waals surface area contributed by atoms with E-state index < -0.39 is 0 Å². The number of benzene rings is 2. The molecule has 0 unspecified atom stereocenters. The van der Waals surface area contributed by atoms with E-state index in [1.54, 1.807) is 18.3 Å². The standard InChI is InChI=1S/C18H12Cl2N4OS/c1-2-8-25-16-14(19)9-12(10-15(16)20)11-21-24-17(22-23-18(24)26)13-6-4-3-5-7-13/h1,3-7,9-11H,8H2,(H,23,26)/b21-11-. The molecule has 1 N–H and O–H groups in total. The van der Waals surface area contributed by atoms with Crippen molar-refractivity contribution in [1.82, 2.24) is 14.9 Å². The van der Waals surface area contributed by atoms with E-state index in [0.717, 1.165) is 5.56 Å². The van der Waals surface area contributed by atoms with E-state index in [4.69, 9.17) is 46.6 Å². The zero-order chi connectivity index (χ0) is 18.5. The van der Waals surface area contributed by atoms with Crippen LogP contribution < -0.4 is 4.74 Å². The van der Waals surface area contributed by atoms with Crippen LogP contribution in [0.1, 0.15) is 5.56 Å². The zero-order valence-electron chi connectivity index (χ0n) is 13.3. The van der Waals surface area contributed by atoms with Crippen LogP contribution in [0.3, 0.4) is 0 Å². The Bertz CT molecular complexity index is 1030. The molecule has 1 heterocycles. The highest BCUT2D eigenvalue weighted by Gasteiger charge is 2.10. The first kappa shape index (κ1) is 18.2. The zero-order valence-corrected chi connectivity index (χ0v) is 15.6. The Labute approximate surface area is 165 Å². The first-order chi connectivity index (χ1) is 12.6. The lowest BCUT2D eigenvalue weighted by Gasteiger charge is -2.08. The lowest BCUT2D eigenvalue weighted by molar-refractivity contribution is 0.371. The number of halogens is 2. The number of terminal acetylenes is 1. The van der Waals surface area contributed by atoms with Gasteiger partial charge in [0, 0.05) is 5.56 Å². The minimum atomic E-state index is 0.0808. The number of hydrogen-bond acceptors (Lipinski definition) is 4. The molecule has 0 aliphatic carbocycles. The lowest BCUT2D eigenvalue weighted by atomic mass is 10.2. The van der Waals surface area contributed by atoms with Crippen LogP contribution in [0.25, 0.3) is 11.4 Å². The van der Waals surface area contributed by atoms with Crippen molar-refractivity contribution < 1.29 is 4.74 Å².